The van der Waals surface area contributed by atoms with Gasteiger partial charge in [-0.1, -0.05) is 48.2 Å². The summed E-state index contributed by atoms with van der Waals surface area (Å²) in [7, 11) is 2.10. The van der Waals surface area contributed by atoms with Gasteiger partial charge in [-0.25, -0.2) is 0 Å². The van der Waals surface area contributed by atoms with Crippen molar-refractivity contribution in [2.45, 2.75) is 27.7 Å². The van der Waals surface area contributed by atoms with Gasteiger partial charge in [-0.2, -0.15) is 0 Å². The summed E-state index contributed by atoms with van der Waals surface area (Å²) in [6.45, 7) is 1.73. The van der Waals surface area contributed by atoms with E-state index in [1.54, 1.807) is 11.8 Å². The van der Waals surface area contributed by atoms with E-state index in [1.165, 1.54) is 15.4 Å². The van der Waals surface area contributed by atoms with E-state index in [2.05, 4.69) is 54.4 Å². The van der Waals surface area contributed by atoms with Crippen molar-refractivity contribution in [2.75, 3.05) is 20.1 Å². The molecule has 0 saturated carbocycles. The van der Waals surface area contributed by atoms with Gasteiger partial charge in [-0.15, -0.1) is 12.4 Å². The molecule has 2 aromatic rings. The van der Waals surface area contributed by atoms with Crippen LogP contribution >= 0.6 is 24.2 Å². The smallest absolute Gasteiger partial charge is 0.110 e. The van der Waals surface area contributed by atoms with Gasteiger partial charge in [0.15, 0.2) is 0 Å². The van der Waals surface area contributed by atoms with Crippen LogP contribution < -0.4 is 0 Å². The van der Waals surface area contributed by atoms with Crippen molar-refractivity contribution in [3.8, 4) is 0 Å². The van der Waals surface area contributed by atoms with Gasteiger partial charge in [0, 0.05) is 22.3 Å². The minimum absolute atomic E-state index is 0. The SMILES string of the molecule is CN1CC[C@H]2c3ccccc3Sc3ccccc3[C@@]2(O)C1.Cl. The predicted molar refractivity (Wildman–Crippen MR) is 93.0 cm³/mol. The van der Waals surface area contributed by atoms with E-state index in [1.807, 2.05) is 6.07 Å². The molecule has 0 bridgehead atoms. The number of nitrogens with zero attached hydrogens (tertiary/aromatic N) is 1. The van der Waals surface area contributed by atoms with Crippen LogP contribution in [-0.4, -0.2) is 30.1 Å². The summed E-state index contributed by atoms with van der Waals surface area (Å²) in [5.41, 5.74) is 1.60. The first-order valence-corrected chi connectivity index (χ1v) is 8.27. The Morgan fingerprint density at radius 2 is 1.77 bits per heavy atom. The van der Waals surface area contributed by atoms with Crippen LogP contribution in [0.1, 0.15) is 23.5 Å². The van der Waals surface area contributed by atoms with E-state index >= 15 is 0 Å². The Hall–Kier alpha value is -1.00. The second kappa shape index (κ2) is 5.89. The zero-order chi connectivity index (χ0) is 14.4. The van der Waals surface area contributed by atoms with Crippen LogP contribution in [0, 0.1) is 0 Å². The summed E-state index contributed by atoms with van der Waals surface area (Å²) >= 11 is 1.79. The van der Waals surface area contributed by atoms with Crippen LogP contribution in [0.5, 0.6) is 0 Å². The van der Waals surface area contributed by atoms with Crippen LogP contribution in [-0.2, 0) is 5.60 Å². The van der Waals surface area contributed by atoms with Crippen molar-refractivity contribution in [2.24, 2.45) is 0 Å². The molecule has 2 heterocycles. The fourth-order valence-electron chi connectivity index (χ4n) is 3.77. The molecule has 2 aliphatic rings. The fraction of sp³-hybridized carbons (Fsp3) is 0.333. The highest BCUT2D eigenvalue weighted by Gasteiger charge is 2.46. The topological polar surface area (TPSA) is 23.5 Å². The average molecular weight is 334 g/mol. The number of β-amino-alcohol motifs (C(OH)–C–C–N with tert-alkyl or cyclic N) is 1. The second-order valence-corrected chi connectivity index (χ2v) is 7.22. The van der Waals surface area contributed by atoms with Crippen molar-refractivity contribution in [1.29, 1.82) is 0 Å². The third-order valence-corrected chi connectivity index (χ3v) is 5.92. The highest BCUT2D eigenvalue weighted by Crippen LogP contribution is 2.52. The number of likely N-dealkylation sites (N-methyl/N-ethyl adjacent to an activating group) is 1. The molecule has 2 atom stereocenters. The molecule has 0 spiro atoms. The Morgan fingerprint density at radius 3 is 2.59 bits per heavy atom. The monoisotopic (exact) mass is 333 g/mol. The van der Waals surface area contributed by atoms with Crippen LogP contribution in [0.15, 0.2) is 58.3 Å². The van der Waals surface area contributed by atoms with Gasteiger partial charge in [0.2, 0.25) is 0 Å². The van der Waals surface area contributed by atoms with E-state index in [0.717, 1.165) is 18.5 Å². The van der Waals surface area contributed by atoms with Crippen LogP contribution in [0.25, 0.3) is 0 Å². The number of hydrogen-bond donors (Lipinski definition) is 1. The number of fused-ring (bicyclic) bond motifs is 5. The molecule has 0 unspecified atom stereocenters. The highest BCUT2D eigenvalue weighted by molar-refractivity contribution is 7.99. The number of halogens is 1. The molecule has 4 heteroatoms. The number of piperidine rings is 1. The molecule has 1 saturated heterocycles. The van der Waals surface area contributed by atoms with Crippen molar-refractivity contribution in [3.63, 3.8) is 0 Å². The summed E-state index contributed by atoms with van der Waals surface area (Å²) in [6.07, 6.45) is 0.999. The van der Waals surface area contributed by atoms with Gasteiger partial charge < -0.3 is 10.0 Å². The highest BCUT2D eigenvalue weighted by atomic mass is 35.5. The number of likely N-dealkylation sites (tertiary alicyclic amines) is 1. The number of rotatable bonds is 0. The Morgan fingerprint density at radius 1 is 1.09 bits per heavy atom. The Balaban J connectivity index is 0.00000144. The molecule has 116 valence electrons. The van der Waals surface area contributed by atoms with E-state index < -0.39 is 5.60 Å². The van der Waals surface area contributed by atoms with E-state index in [4.69, 9.17) is 0 Å². The molecule has 0 aliphatic carbocycles. The standard InChI is InChI=1S/C18H19NOS.ClH/c1-19-11-10-14-13-6-2-4-8-16(13)21-17-9-5-3-7-15(17)18(14,20)12-19;/h2-9,14,20H,10-12H2,1H3;1H/t14-,18+;/m0./s1. The normalized spacial score (nSPS) is 26.9. The van der Waals surface area contributed by atoms with Gasteiger partial charge >= 0.3 is 0 Å². The van der Waals surface area contributed by atoms with Crippen molar-refractivity contribution in [1.82, 2.24) is 4.90 Å². The summed E-state index contributed by atoms with van der Waals surface area (Å²) in [5.74, 6) is 0.182. The molecule has 1 fully saturated rings. The maximum absolute atomic E-state index is 11.6. The van der Waals surface area contributed by atoms with E-state index in [9.17, 15) is 5.11 Å². The lowest BCUT2D eigenvalue weighted by molar-refractivity contribution is -0.0499. The summed E-state index contributed by atoms with van der Waals surface area (Å²) in [4.78, 5) is 4.71. The fourth-order valence-corrected chi connectivity index (χ4v) is 4.98. The molecule has 2 aliphatic heterocycles. The van der Waals surface area contributed by atoms with Gasteiger partial charge in [0.1, 0.15) is 5.60 Å². The van der Waals surface area contributed by atoms with E-state index in [0.29, 0.717) is 6.54 Å². The molecular weight excluding hydrogens is 314 g/mol. The average Bonchev–Trinajstić information content (AvgIpc) is 2.59. The quantitative estimate of drug-likeness (QED) is 0.791. The summed E-state index contributed by atoms with van der Waals surface area (Å²) < 4.78 is 0. The van der Waals surface area contributed by atoms with Crippen molar-refractivity contribution >= 4 is 24.2 Å². The third kappa shape index (κ3) is 2.37. The van der Waals surface area contributed by atoms with Gasteiger partial charge in [-0.05, 0) is 43.3 Å². The first-order valence-electron chi connectivity index (χ1n) is 7.46. The number of hydrogen-bond acceptors (Lipinski definition) is 3. The Labute approximate surface area is 141 Å². The summed E-state index contributed by atoms with van der Waals surface area (Å²) in [6, 6.07) is 16.9. The lowest BCUT2D eigenvalue weighted by Gasteiger charge is -2.44. The lowest BCUT2D eigenvalue weighted by Crippen LogP contribution is -2.49. The first kappa shape index (κ1) is 15.9. The van der Waals surface area contributed by atoms with Crippen molar-refractivity contribution in [3.05, 3.63) is 59.7 Å². The molecule has 22 heavy (non-hydrogen) atoms. The lowest BCUT2D eigenvalue weighted by atomic mass is 9.73. The zero-order valence-electron chi connectivity index (χ0n) is 12.5. The molecule has 0 aromatic heterocycles. The Kier molecular flexibility index (Phi) is 4.25. The molecule has 4 rings (SSSR count). The molecule has 2 nitrogen and oxygen atoms in total. The maximum Gasteiger partial charge on any atom is 0.110 e. The third-order valence-electron chi connectivity index (χ3n) is 4.75. The molecule has 0 amide bonds. The van der Waals surface area contributed by atoms with Crippen LogP contribution in [0.4, 0.5) is 0 Å². The first-order chi connectivity index (χ1) is 10.2. The molecular formula is C18H20ClNOS. The zero-order valence-corrected chi connectivity index (χ0v) is 14.2. The van der Waals surface area contributed by atoms with E-state index in [-0.39, 0.29) is 18.3 Å². The molecule has 2 aromatic carbocycles. The molecule has 0 radical (unpaired) electrons. The largest absolute Gasteiger partial charge is 0.383 e. The maximum atomic E-state index is 11.6. The minimum Gasteiger partial charge on any atom is -0.383 e. The summed E-state index contributed by atoms with van der Waals surface area (Å²) in [5, 5.41) is 11.6. The van der Waals surface area contributed by atoms with Gasteiger partial charge in [0.05, 0.1) is 0 Å². The number of benzene rings is 2. The predicted octanol–water partition coefficient (Wildman–Crippen LogP) is 3.88. The Bertz CT molecular complexity index is 692. The van der Waals surface area contributed by atoms with Crippen molar-refractivity contribution < 1.29 is 5.11 Å². The van der Waals surface area contributed by atoms with Crippen LogP contribution in [0.2, 0.25) is 0 Å². The minimum atomic E-state index is -0.788. The molecule has 1 N–H and O–H groups in total. The van der Waals surface area contributed by atoms with Gasteiger partial charge in [-0.3, -0.25) is 0 Å². The number of aliphatic hydroxyl groups is 1. The van der Waals surface area contributed by atoms with Gasteiger partial charge in [0.25, 0.3) is 0 Å². The second-order valence-electron chi connectivity index (χ2n) is 6.14. The van der Waals surface area contributed by atoms with Crippen LogP contribution in [0.3, 0.4) is 0 Å².